The number of pyridine rings is 1. The Morgan fingerprint density at radius 3 is 2.75 bits per heavy atom. The van der Waals surface area contributed by atoms with Gasteiger partial charge in [0.05, 0.1) is 17.2 Å². The number of amides is 1. The minimum atomic E-state index is -0.345. The van der Waals surface area contributed by atoms with Crippen LogP contribution in [0.25, 0.3) is 10.9 Å². The van der Waals surface area contributed by atoms with Crippen molar-refractivity contribution in [2.75, 3.05) is 6.54 Å². The lowest BCUT2D eigenvalue weighted by Crippen LogP contribution is -2.29. The van der Waals surface area contributed by atoms with Gasteiger partial charge in [0.2, 0.25) is 0 Å². The first kappa shape index (κ1) is 16.9. The Balaban J connectivity index is 1.86. The lowest BCUT2D eigenvalue weighted by atomic mass is 10.0. The molecular weight excluding hydrogens is 300 g/mol. The third kappa shape index (κ3) is 3.93. The van der Waals surface area contributed by atoms with Gasteiger partial charge < -0.3 is 10.4 Å². The van der Waals surface area contributed by atoms with E-state index in [1.54, 1.807) is 6.92 Å². The summed E-state index contributed by atoms with van der Waals surface area (Å²) in [5.74, 6) is 0.704. The number of aromatic nitrogens is 1. The minimum absolute atomic E-state index is 0.0488. The number of hydrogen-bond donors (Lipinski definition) is 2. The van der Waals surface area contributed by atoms with Crippen LogP contribution in [0.1, 0.15) is 60.6 Å². The highest BCUT2D eigenvalue weighted by atomic mass is 16.3. The van der Waals surface area contributed by atoms with E-state index in [0.717, 1.165) is 40.6 Å². The highest BCUT2D eigenvalue weighted by Crippen LogP contribution is 2.40. The Bertz CT molecular complexity index is 751. The minimum Gasteiger partial charge on any atom is -0.393 e. The molecule has 4 nitrogen and oxygen atoms in total. The van der Waals surface area contributed by atoms with Crippen molar-refractivity contribution in [1.82, 2.24) is 10.3 Å². The average Bonchev–Trinajstić information content (AvgIpc) is 3.35. The average molecular weight is 326 g/mol. The van der Waals surface area contributed by atoms with Gasteiger partial charge in [-0.25, -0.2) is 0 Å². The molecule has 1 saturated carbocycles. The Kier molecular flexibility index (Phi) is 4.86. The molecule has 1 aromatic heterocycles. The molecule has 0 bridgehead atoms. The lowest BCUT2D eigenvalue weighted by Gasteiger charge is -2.15. The van der Waals surface area contributed by atoms with Crippen molar-refractivity contribution in [3.63, 3.8) is 0 Å². The molecule has 24 heavy (non-hydrogen) atoms. The second-order valence-corrected chi connectivity index (χ2v) is 7.29. The first-order chi connectivity index (χ1) is 11.4. The van der Waals surface area contributed by atoms with E-state index in [-0.39, 0.29) is 17.9 Å². The molecule has 0 spiro atoms. The molecule has 0 aliphatic heterocycles. The molecule has 1 aliphatic carbocycles. The van der Waals surface area contributed by atoms with Gasteiger partial charge in [0.15, 0.2) is 0 Å². The summed E-state index contributed by atoms with van der Waals surface area (Å²) < 4.78 is 0. The largest absolute Gasteiger partial charge is 0.393 e. The molecule has 3 rings (SSSR count). The van der Waals surface area contributed by atoms with Crippen LogP contribution in [-0.2, 0) is 0 Å². The third-order valence-corrected chi connectivity index (χ3v) is 4.58. The number of aryl methyl sites for hydroxylation is 1. The first-order valence-corrected chi connectivity index (χ1v) is 8.81. The summed E-state index contributed by atoms with van der Waals surface area (Å²) in [6.07, 6.45) is 2.67. The van der Waals surface area contributed by atoms with Crippen LogP contribution in [0.15, 0.2) is 24.3 Å². The summed E-state index contributed by atoms with van der Waals surface area (Å²) >= 11 is 0. The van der Waals surface area contributed by atoms with Gasteiger partial charge in [-0.1, -0.05) is 18.6 Å². The normalized spacial score (nSPS) is 16.8. The van der Waals surface area contributed by atoms with Gasteiger partial charge in [0, 0.05) is 23.5 Å². The number of aliphatic hydroxyl groups excluding tert-OH is 1. The van der Waals surface area contributed by atoms with Crippen molar-refractivity contribution in [3.05, 3.63) is 41.1 Å². The number of benzene rings is 1. The lowest BCUT2D eigenvalue weighted by molar-refractivity contribution is 0.0941. The molecule has 1 fully saturated rings. The van der Waals surface area contributed by atoms with Crippen LogP contribution in [0.2, 0.25) is 0 Å². The Hall–Kier alpha value is -1.94. The molecule has 1 aliphatic rings. The summed E-state index contributed by atoms with van der Waals surface area (Å²) in [5, 5.41) is 13.4. The second-order valence-electron chi connectivity index (χ2n) is 7.29. The van der Waals surface area contributed by atoms with E-state index >= 15 is 0 Å². The van der Waals surface area contributed by atoms with E-state index in [9.17, 15) is 9.90 Å². The quantitative estimate of drug-likeness (QED) is 0.853. The van der Waals surface area contributed by atoms with Gasteiger partial charge in [0.25, 0.3) is 5.91 Å². The van der Waals surface area contributed by atoms with Gasteiger partial charge in [-0.2, -0.15) is 0 Å². The van der Waals surface area contributed by atoms with Crippen LogP contribution in [0.3, 0.4) is 0 Å². The first-order valence-electron chi connectivity index (χ1n) is 8.81. The molecule has 128 valence electrons. The van der Waals surface area contributed by atoms with E-state index in [4.69, 9.17) is 4.98 Å². The van der Waals surface area contributed by atoms with Crippen LogP contribution < -0.4 is 5.32 Å². The molecule has 1 heterocycles. The number of aliphatic hydroxyl groups is 1. The SMILES string of the molecule is Cc1ccc2nc(C3CC3)cc(C(=O)NCC(C)CC(C)O)c2c1. The van der Waals surface area contributed by atoms with Crippen LogP contribution in [0.4, 0.5) is 0 Å². The molecule has 0 saturated heterocycles. The maximum atomic E-state index is 12.8. The number of nitrogens with one attached hydrogen (secondary N) is 1. The van der Waals surface area contributed by atoms with Crippen molar-refractivity contribution in [3.8, 4) is 0 Å². The summed E-state index contributed by atoms with van der Waals surface area (Å²) in [6.45, 7) is 6.41. The van der Waals surface area contributed by atoms with Gasteiger partial charge >= 0.3 is 0 Å². The monoisotopic (exact) mass is 326 g/mol. The number of carbonyl (C=O) groups excluding carboxylic acids is 1. The molecule has 2 N–H and O–H groups in total. The number of rotatable bonds is 6. The van der Waals surface area contributed by atoms with Gasteiger partial charge in [-0.15, -0.1) is 0 Å². The summed E-state index contributed by atoms with van der Waals surface area (Å²) in [5.41, 5.74) is 3.77. The smallest absolute Gasteiger partial charge is 0.252 e. The number of carbonyl (C=O) groups is 1. The standard InChI is InChI=1S/C20H26N2O2/c1-12-4-7-18-16(9-12)17(10-19(22-18)15-5-6-15)20(24)21-11-13(2)8-14(3)23/h4,7,9-10,13-15,23H,5-6,8,11H2,1-3H3,(H,21,24). The van der Waals surface area contributed by atoms with Crippen molar-refractivity contribution in [1.29, 1.82) is 0 Å². The zero-order chi connectivity index (χ0) is 17.3. The van der Waals surface area contributed by atoms with Crippen molar-refractivity contribution in [2.45, 2.75) is 52.1 Å². The van der Waals surface area contributed by atoms with Crippen molar-refractivity contribution < 1.29 is 9.90 Å². The predicted octanol–water partition coefficient (Wildman–Crippen LogP) is 3.56. The van der Waals surface area contributed by atoms with Gasteiger partial charge in [0.1, 0.15) is 0 Å². The Morgan fingerprint density at radius 2 is 2.08 bits per heavy atom. The van der Waals surface area contributed by atoms with Crippen LogP contribution >= 0.6 is 0 Å². The fourth-order valence-electron chi connectivity index (χ4n) is 3.16. The highest BCUT2D eigenvalue weighted by molar-refractivity contribution is 6.06. The van der Waals surface area contributed by atoms with Crippen LogP contribution in [0, 0.1) is 12.8 Å². The Morgan fingerprint density at radius 1 is 1.33 bits per heavy atom. The van der Waals surface area contributed by atoms with E-state index in [1.165, 1.54) is 0 Å². The highest BCUT2D eigenvalue weighted by Gasteiger charge is 2.27. The number of nitrogens with zero attached hydrogens (tertiary/aromatic N) is 1. The van der Waals surface area contributed by atoms with E-state index < -0.39 is 0 Å². The summed E-state index contributed by atoms with van der Waals surface area (Å²) in [4.78, 5) is 17.5. The maximum Gasteiger partial charge on any atom is 0.252 e. The topological polar surface area (TPSA) is 62.2 Å². The van der Waals surface area contributed by atoms with E-state index in [2.05, 4.69) is 5.32 Å². The molecule has 2 unspecified atom stereocenters. The molecule has 1 aromatic carbocycles. The maximum absolute atomic E-state index is 12.8. The fourth-order valence-corrected chi connectivity index (χ4v) is 3.16. The van der Waals surface area contributed by atoms with Gasteiger partial charge in [-0.05, 0) is 57.2 Å². The van der Waals surface area contributed by atoms with Gasteiger partial charge in [-0.3, -0.25) is 9.78 Å². The zero-order valence-corrected chi connectivity index (χ0v) is 14.7. The zero-order valence-electron chi connectivity index (χ0n) is 14.7. The molecule has 1 amide bonds. The summed E-state index contributed by atoms with van der Waals surface area (Å²) in [6, 6.07) is 8.04. The van der Waals surface area contributed by atoms with E-state index in [0.29, 0.717) is 18.9 Å². The molecule has 2 atom stereocenters. The van der Waals surface area contributed by atoms with Crippen molar-refractivity contribution in [2.24, 2.45) is 5.92 Å². The summed E-state index contributed by atoms with van der Waals surface area (Å²) in [7, 11) is 0. The van der Waals surface area contributed by atoms with Crippen LogP contribution in [-0.4, -0.2) is 28.6 Å². The molecular formula is C20H26N2O2. The van der Waals surface area contributed by atoms with Crippen molar-refractivity contribution >= 4 is 16.8 Å². The Labute approximate surface area is 143 Å². The number of hydrogen-bond acceptors (Lipinski definition) is 3. The van der Waals surface area contributed by atoms with E-state index in [1.807, 2.05) is 38.1 Å². The fraction of sp³-hybridized carbons (Fsp3) is 0.500. The second kappa shape index (κ2) is 6.89. The predicted molar refractivity (Wildman–Crippen MR) is 96.3 cm³/mol. The molecule has 2 aromatic rings. The number of fused-ring (bicyclic) bond motifs is 1. The molecule has 0 radical (unpaired) electrons. The third-order valence-electron chi connectivity index (χ3n) is 4.58. The van der Waals surface area contributed by atoms with Crippen LogP contribution in [0.5, 0.6) is 0 Å². The molecule has 4 heteroatoms.